The molecule has 0 bridgehead atoms. The van der Waals surface area contributed by atoms with Crippen LogP contribution in [0.15, 0.2) is 66.2 Å². The maximum absolute atomic E-state index is 12.4. The van der Waals surface area contributed by atoms with E-state index in [0.29, 0.717) is 16.3 Å². The Labute approximate surface area is 218 Å². The smallest absolute Gasteiger partial charge is 0.262 e. The lowest BCUT2D eigenvalue weighted by Gasteiger charge is -2.12. The van der Waals surface area contributed by atoms with Crippen molar-refractivity contribution >= 4 is 58.4 Å². The highest BCUT2D eigenvalue weighted by atomic mass is 35.5. The van der Waals surface area contributed by atoms with E-state index in [-0.39, 0.29) is 34.5 Å². The van der Waals surface area contributed by atoms with Crippen LogP contribution < -0.4 is 15.4 Å². The molecule has 0 atom stereocenters. The van der Waals surface area contributed by atoms with Gasteiger partial charge in [-0.3, -0.25) is 9.59 Å². The standard InChI is InChI=1S/C26H20Cl3N3O3/c1-16-7-8-20(12-21(16)27)32-24(33)15-35-25-22(28)10-18(11-23(25)29)9-19(13-30)26(34)31-14-17-5-3-2-4-6-17/h2-12H,14-15H2,1H3,(H,31,34)(H,32,33)/b19-9+. The second-order valence-electron chi connectivity index (χ2n) is 7.45. The minimum Gasteiger partial charge on any atom is -0.481 e. The molecule has 3 aromatic rings. The van der Waals surface area contributed by atoms with Crippen LogP contribution in [0.25, 0.3) is 6.08 Å². The average molecular weight is 529 g/mol. The monoisotopic (exact) mass is 527 g/mol. The molecule has 0 heterocycles. The van der Waals surface area contributed by atoms with Crippen molar-refractivity contribution in [3.8, 4) is 11.8 Å². The SMILES string of the molecule is Cc1ccc(NC(=O)COc2c(Cl)cc(/C=C(\C#N)C(=O)NCc3ccccc3)cc2Cl)cc1Cl. The number of aryl methyl sites for hydroxylation is 1. The number of nitrogens with zero attached hydrogens (tertiary/aromatic N) is 1. The van der Waals surface area contributed by atoms with Crippen LogP contribution in [0.1, 0.15) is 16.7 Å². The molecule has 0 radical (unpaired) electrons. The van der Waals surface area contributed by atoms with E-state index >= 15 is 0 Å². The fourth-order valence-corrected chi connectivity index (χ4v) is 3.79. The molecule has 0 saturated carbocycles. The van der Waals surface area contributed by atoms with Gasteiger partial charge in [0.2, 0.25) is 0 Å². The van der Waals surface area contributed by atoms with E-state index in [0.717, 1.165) is 11.1 Å². The van der Waals surface area contributed by atoms with Gasteiger partial charge < -0.3 is 15.4 Å². The van der Waals surface area contributed by atoms with Crippen LogP contribution in [-0.2, 0) is 16.1 Å². The van der Waals surface area contributed by atoms with Gasteiger partial charge in [0.1, 0.15) is 11.6 Å². The highest BCUT2D eigenvalue weighted by Gasteiger charge is 2.14. The Morgan fingerprint density at radius 3 is 2.31 bits per heavy atom. The molecule has 0 unspecified atom stereocenters. The van der Waals surface area contributed by atoms with Crippen LogP contribution in [0.5, 0.6) is 5.75 Å². The molecule has 0 aliphatic heterocycles. The number of hydrogen-bond donors (Lipinski definition) is 2. The van der Waals surface area contributed by atoms with Crippen LogP contribution in [0.2, 0.25) is 15.1 Å². The summed E-state index contributed by atoms with van der Waals surface area (Å²) in [4.78, 5) is 24.7. The van der Waals surface area contributed by atoms with Gasteiger partial charge in [0.15, 0.2) is 12.4 Å². The van der Waals surface area contributed by atoms with Crippen LogP contribution in [0, 0.1) is 18.3 Å². The van der Waals surface area contributed by atoms with E-state index in [9.17, 15) is 14.9 Å². The van der Waals surface area contributed by atoms with Gasteiger partial charge in [-0.25, -0.2) is 0 Å². The van der Waals surface area contributed by atoms with Crippen molar-refractivity contribution in [1.82, 2.24) is 5.32 Å². The van der Waals surface area contributed by atoms with Gasteiger partial charge in [-0.15, -0.1) is 0 Å². The second-order valence-corrected chi connectivity index (χ2v) is 8.67. The highest BCUT2D eigenvalue weighted by molar-refractivity contribution is 6.37. The molecule has 9 heteroatoms. The van der Waals surface area contributed by atoms with Crippen molar-refractivity contribution in [2.75, 3.05) is 11.9 Å². The van der Waals surface area contributed by atoms with E-state index in [1.54, 1.807) is 18.2 Å². The Morgan fingerprint density at radius 1 is 1.00 bits per heavy atom. The maximum atomic E-state index is 12.4. The van der Waals surface area contributed by atoms with Crippen molar-refractivity contribution in [1.29, 1.82) is 5.26 Å². The largest absolute Gasteiger partial charge is 0.481 e. The number of benzene rings is 3. The first-order chi connectivity index (χ1) is 16.8. The maximum Gasteiger partial charge on any atom is 0.262 e. The third kappa shape index (κ3) is 7.49. The van der Waals surface area contributed by atoms with Crippen molar-refractivity contribution in [2.24, 2.45) is 0 Å². The Balaban J connectivity index is 1.64. The van der Waals surface area contributed by atoms with Crippen LogP contribution in [0.4, 0.5) is 5.69 Å². The Hall–Kier alpha value is -3.50. The summed E-state index contributed by atoms with van der Waals surface area (Å²) in [5.74, 6) is -0.853. The Bertz CT molecular complexity index is 1300. The summed E-state index contributed by atoms with van der Waals surface area (Å²) >= 11 is 18.7. The number of halogens is 3. The van der Waals surface area contributed by atoms with Crippen molar-refractivity contribution in [3.05, 3.63) is 98.0 Å². The van der Waals surface area contributed by atoms with Gasteiger partial charge >= 0.3 is 0 Å². The third-order valence-corrected chi connectivity index (χ3v) is 5.76. The molecule has 0 fully saturated rings. The summed E-state index contributed by atoms with van der Waals surface area (Å²) in [5.41, 5.74) is 2.64. The minimum atomic E-state index is -0.531. The molecular weight excluding hydrogens is 509 g/mol. The normalized spacial score (nSPS) is 10.9. The third-order valence-electron chi connectivity index (χ3n) is 4.80. The molecule has 0 aliphatic carbocycles. The molecule has 35 heavy (non-hydrogen) atoms. The number of carbonyl (C=O) groups excluding carboxylic acids is 2. The van der Waals surface area contributed by atoms with Crippen LogP contribution in [0.3, 0.4) is 0 Å². The zero-order valence-electron chi connectivity index (χ0n) is 18.6. The molecule has 178 valence electrons. The first-order valence-electron chi connectivity index (χ1n) is 10.4. The van der Waals surface area contributed by atoms with E-state index in [1.807, 2.05) is 43.3 Å². The first-order valence-corrected chi connectivity index (χ1v) is 11.5. The van der Waals surface area contributed by atoms with Crippen molar-refractivity contribution in [3.63, 3.8) is 0 Å². The Kier molecular flexibility index (Phi) is 9.16. The topological polar surface area (TPSA) is 91.2 Å². The summed E-state index contributed by atoms with van der Waals surface area (Å²) < 4.78 is 5.50. The molecule has 0 aliphatic rings. The molecule has 6 nitrogen and oxygen atoms in total. The Morgan fingerprint density at radius 2 is 1.69 bits per heavy atom. The predicted octanol–water partition coefficient (Wildman–Crippen LogP) is 6.20. The number of ether oxygens (including phenoxy) is 1. The fraction of sp³-hybridized carbons (Fsp3) is 0.115. The van der Waals surface area contributed by atoms with Gasteiger partial charge in [-0.2, -0.15) is 5.26 Å². The summed E-state index contributed by atoms with van der Waals surface area (Å²) in [5, 5.41) is 15.6. The average Bonchev–Trinajstić information content (AvgIpc) is 2.83. The van der Waals surface area contributed by atoms with Gasteiger partial charge in [-0.05, 0) is 54.0 Å². The van der Waals surface area contributed by atoms with Crippen molar-refractivity contribution in [2.45, 2.75) is 13.5 Å². The number of nitrogens with one attached hydrogen (secondary N) is 2. The van der Waals surface area contributed by atoms with Crippen molar-refractivity contribution < 1.29 is 14.3 Å². The second kappa shape index (κ2) is 12.3. The van der Waals surface area contributed by atoms with E-state index < -0.39 is 11.8 Å². The molecule has 0 spiro atoms. The molecule has 2 amide bonds. The number of rotatable bonds is 8. The molecule has 0 saturated heterocycles. The van der Waals surface area contributed by atoms with Crippen LogP contribution in [-0.4, -0.2) is 18.4 Å². The van der Waals surface area contributed by atoms with Gasteiger partial charge in [0, 0.05) is 17.3 Å². The molecule has 3 aromatic carbocycles. The molecule has 0 aromatic heterocycles. The summed E-state index contributed by atoms with van der Waals surface area (Å²) in [6.07, 6.45) is 1.37. The first kappa shape index (κ1) is 26.1. The lowest BCUT2D eigenvalue weighted by molar-refractivity contribution is -0.118. The van der Waals surface area contributed by atoms with E-state index in [2.05, 4.69) is 10.6 Å². The fourth-order valence-electron chi connectivity index (χ4n) is 2.99. The van der Waals surface area contributed by atoms with Gasteiger partial charge in [0.05, 0.1) is 10.0 Å². The molecule has 3 rings (SSSR count). The number of nitriles is 1. The molecule has 2 N–H and O–H groups in total. The minimum absolute atomic E-state index is 0.106. The summed E-state index contributed by atoms with van der Waals surface area (Å²) in [6, 6.07) is 19.3. The van der Waals surface area contributed by atoms with E-state index in [4.69, 9.17) is 39.5 Å². The van der Waals surface area contributed by atoms with Gasteiger partial charge in [0.25, 0.3) is 11.8 Å². The number of amides is 2. The molecular formula is C26H20Cl3N3O3. The lowest BCUT2D eigenvalue weighted by Crippen LogP contribution is -2.23. The zero-order valence-corrected chi connectivity index (χ0v) is 20.8. The lowest BCUT2D eigenvalue weighted by atomic mass is 10.1. The predicted molar refractivity (Wildman–Crippen MR) is 139 cm³/mol. The zero-order chi connectivity index (χ0) is 25.4. The number of carbonyl (C=O) groups is 2. The quantitative estimate of drug-likeness (QED) is 0.269. The van der Waals surface area contributed by atoms with Crippen LogP contribution >= 0.6 is 34.8 Å². The van der Waals surface area contributed by atoms with E-state index in [1.165, 1.54) is 18.2 Å². The number of hydrogen-bond acceptors (Lipinski definition) is 4. The summed E-state index contributed by atoms with van der Waals surface area (Å²) in [6.45, 7) is 1.80. The van der Waals surface area contributed by atoms with Gasteiger partial charge in [-0.1, -0.05) is 71.2 Å². The number of anilines is 1. The highest BCUT2D eigenvalue weighted by Crippen LogP contribution is 2.35. The summed E-state index contributed by atoms with van der Waals surface area (Å²) in [7, 11) is 0.